The molecule has 2 aliphatic heterocycles. The third kappa shape index (κ3) is 11.3. The third-order valence-corrected chi connectivity index (χ3v) is 12.5. The number of halogens is 2. The molecule has 0 amide bonds. The number of carbonyl (C=O) groups excluding carboxylic acids is 2. The summed E-state index contributed by atoms with van der Waals surface area (Å²) in [6.07, 6.45) is 1.58. The standard InChI is InChI=1S/C43H51F2N9O11S/c1-5-39(29(2)63-42(57)65-30(3)64-40(55)22-49(4)66(58,59)60)54-41(56)53(28-48-54)35-9-7-33(8-10-35)50-16-18-51(19-17-50)34-11-13-36(14-12-34)61-23-31-21-43(62-24-31,25-52-27-46-26-47-52)37-15-6-32(44)20-38(37)45/h6-15,20,26-31,39H,5,16-19,21-25H2,1-4H3,(H,58,59,60)/t29?,30?,31-,39+,43+/m1/s1. The lowest BCUT2D eigenvalue weighted by Gasteiger charge is -2.37. The molecule has 66 heavy (non-hydrogen) atoms. The molecule has 20 nitrogen and oxygen atoms in total. The van der Waals surface area contributed by atoms with E-state index in [0.717, 1.165) is 50.7 Å². The number of likely N-dealkylation sites (N-methyl/N-ethyl adjacent to an activating group) is 1. The van der Waals surface area contributed by atoms with E-state index < -0.39 is 70.3 Å². The number of anilines is 2. The normalized spacial score (nSPS) is 19.1. The number of ether oxygens (including phenoxy) is 5. The molecule has 23 heteroatoms. The van der Waals surface area contributed by atoms with Gasteiger partial charge in [0.1, 0.15) is 54.6 Å². The average Bonchev–Trinajstić information content (AvgIpc) is 4.04. The van der Waals surface area contributed by atoms with E-state index in [-0.39, 0.29) is 18.0 Å². The highest BCUT2D eigenvalue weighted by Gasteiger charge is 2.45. The minimum atomic E-state index is -4.62. The van der Waals surface area contributed by atoms with Crippen LogP contribution in [-0.2, 0) is 46.2 Å². The number of piperazine rings is 1. The smallest absolute Gasteiger partial charge is 0.493 e. The van der Waals surface area contributed by atoms with Gasteiger partial charge in [-0.2, -0.15) is 22.9 Å². The van der Waals surface area contributed by atoms with Crippen molar-refractivity contribution in [2.75, 3.05) is 62.8 Å². The fourth-order valence-electron chi connectivity index (χ4n) is 8.13. The van der Waals surface area contributed by atoms with Crippen molar-refractivity contribution < 1.29 is 55.0 Å². The zero-order chi connectivity index (χ0) is 47.2. The molecule has 0 spiro atoms. The number of esters is 1. The highest BCUT2D eigenvalue weighted by Crippen LogP contribution is 2.42. The number of nitrogens with zero attached hydrogens (tertiary/aromatic N) is 9. The number of benzene rings is 3. The average molecular weight is 940 g/mol. The topological polar surface area (TPSA) is 215 Å². The Hall–Kier alpha value is -6.43. The summed E-state index contributed by atoms with van der Waals surface area (Å²) < 4.78 is 92.2. The highest BCUT2D eigenvalue weighted by atomic mass is 32.2. The Labute approximate surface area is 379 Å². The van der Waals surface area contributed by atoms with E-state index in [4.69, 9.17) is 28.2 Å². The maximum atomic E-state index is 15.0. The van der Waals surface area contributed by atoms with Crippen LogP contribution in [0.5, 0.6) is 5.75 Å². The van der Waals surface area contributed by atoms with Gasteiger partial charge in [-0.25, -0.2) is 37.3 Å². The van der Waals surface area contributed by atoms with Crippen molar-refractivity contribution in [3.8, 4) is 11.4 Å². The van der Waals surface area contributed by atoms with Gasteiger partial charge in [0.2, 0.25) is 6.29 Å². The third-order valence-electron chi connectivity index (χ3n) is 11.5. The molecule has 2 unspecified atom stereocenters. The summed E-state index contributed by atoms with van der Waals surface area (Å²) in [6.45, 7) is 7.70. The SMILES string of the molecule is CC[C@@H](C(C)OC(=O)OC(C)OC(=O)CN(C)S(=O)(=O)O)n1ncn(-c2ccc(N3CCN(c4ccc(OC[C@@H]5CO[C@@](Cn6cncn6)(c6ccc(F)cc6F)C5)cc4)CC3)cc2)c1=O. The van der Waals surface area contributed by atoms with Gasteiger partial charge in [-0.15, -0.1) is 0 Å². The molecule has 5 atom stereocenters. The van der Waals surface area contributed by atoms with Gasteiger partial charge in [0, 0.05) is 69.1 Å². The first-order valence-electron chi connectivity index (χ1n) is 21.2. The molecule has 2 aliphatic rings. The number of aromatic nitrogens is 6. The molecule has 0 saturated carbocycles. The van der Waals surface area contributed by atoms with Crippen LogP contribution in [0.1, 0.15) is 45.2 Å². The zero-order valence-corrected chi connectivity index (χ0v) is 37.5. The Bertz CT molecular complexity index is 2610. The Kier molecular flexibility index (Phi) is 14.7. The lowest BCUT2D eigenvalue weighted by atomic mass is 9.87. The maximum Gasteiger partial charge on any atom is 0.511 e. The van der Waals surface area contributed by atoms with E-state index in [0.29, 0.717) is 41.8 Å². The number of rotatable bonds is 18. The minimum Gasteiger partial charge on any atom is -0.493 e. The molecule has 354 valence electrons. The summed E-state index contributed by atoms with van der Waals surface area (Å²) in [6, 6.07) is 18.3. The van der Waals surface area contributed by atoms with Crippen molar-refractivity contribution in [1.29, 1.82) is 0 Å². The number of hydrogen-bond donors (Lipinski definition) is 1. The summed E-state index contributed by atoms with van der Waals surface area (Å²) >= 11 is 0. The molecule has 3 aromatic carbocycles. The van der Waals surface area contributed by atoms with Gasteiger partial charge in [0.05, 0.1) is 31.5 Å². The molecule has 0 radical (unpaired) electrons. The fraction of sp³-hybridized carbons (Fsp3) is 0.442. The van der Waals surface area contributed by atoms with Crippen molar-refractivity contribution in [2.45, 2.75) is 64.2 Å². The highest BCUT2D eigenvalue weighted by molar-refractivity contribution is 7.83. The van der Waals surface area contributed by atoms with Crippen molar-refractivity contribution in [1.82, 2.24) is 33.4 Å². The van der Waals surface area contributed by atoms with E-state index in [9.17, 15) is 27.2 Å². The van der Waals surface area contributed by atoms with Gasteiger partial charge in [-0.05, 0) is 74.4 Å². The van der Waals surface area contributed by atoms with Crippen molar-refractivity contribution in [2.24, 2.45) is 5.92 Å². The number of carbonyl (C=O) groups is 2. The Balaban J connectivity index is 0.877. The van der Waals surface area contributed by atoms with Gasteiger partial charge in [-0.3, -0.25) is 9.35 Å². The molecule has 0 bridgehead atoms. The van der Waals surface area contributed by atoms with Crippen LogP contribution in [0.15, 0.2) is 90.5 Å². The van der Waals surface area contributed by atoms with Crippen LogP contribution in [0.4, 0.5) is 25.0 Å². The van der Waals surface area contributed by atoms with Crippen LogP contribution in [-0.4, -0.2) is 124 Å². The molecule has 2 saturated heterocycles. The summed E-state index contributed by atoms with van der Waals surface area (Å²) in [5, 5.41) is 8.47. The summed E-state index contributed by atoms with van der Waals surface area (Å²) in [4.78, 5) is 46.5. The van der Waals surface area contributed by atoms with Gasteiger partial charge in [0.25, 0.3) is 0 Å². The van der Waals surface area contributed by atoms with E-state index in [1.165, 1.54) is 47.3 Å². The summed E-state index contributed by atoms with van der Waals surface area (Å²) in [7, 11) is -3.66. The maximum absolute atomic E-state index is 15.0. The Morgan fingerprint density at radius 2 is 1.58 bits per heavy atom. The second kappa shape index (κ2) is 20.4. The first-order valence-corrected chi connectivity index (χ1v) is 22.6. The molecular weight excluding hydrogens is 889 g/mol. The van der Waals surface area contributed by atoms with Crippen molar-refractivity contribution in [3.05, 3.63) is 113 Å². The molecule has 2 fully saturated rings. The van der Waals surface area contributed by atoms with Crippen LogP contribution in [0, 0.1) is 17.6 Å². The Morgan fingerprint density at radius 3 is 2.18 bits per heavy atom. The zero-order valence-electron chi connectivity index (χ0n) is 36.7. The van der Waals surface area contributed by atoms with Crippen LogP contribution in [0.3, 0.4) is 0 Å². The first-order chi connectivity index (χ1) is 31.5. The van der Waals surface area contributed by atoms with E-state index in [1.807, 2.05) is 48.5 Å². The van der Waals surface area contributed by atoms with E-state index in [1.54, 1.807) is 18.5 Å². The predicted octanol–water partition coefficient (Wildman–Crippen LogP) is 4.36. The van der Waals surface area contributed by atoms with Crippen LogP contribution in [0.25, 0.3) is 5.69 Å². The minimum absolute atomic E-state index is 0.0539. The van der Waals surface area contributed by atoms with Gasteiger partial charge < -0.3 is 33.5 Å². The summed E-state index contributed by atoms with van der Waals surface area (Å²) in [5.41, 5.74) is 1.38. The predicted molar refractivity (Wildman–Crippen MR) is 232 cm³/mol. The van der Waals surface area contributed by atoms with Crippen LogP contribution >= 0.6 is 0 Å². The molecule has 7 rings (SSSR count). The van der Waals surface area contributed by atoms with E-state index in [2.05, 4.69) is 25.0 Å². The van der Waals surface area contributed by atoms with Crippen LogP contribution in [0.2, 0.25) is 0 Å². The first kappa shape index (κ1) is 47.5. The monoisotopic (exact) mass is 939 g/mol. The molecule has 1 N–H and O–H groups in total. The Morgan fingerprint density at radius 1 is 0.924 bits per heavy atom. The second-order valence-corrected chi connectivity index (χ2v) is 17.6. The van der Waals surface area contributed by atoms with Crippen molar-refractivity contribution in [3.63, 3.8) is 0 Å². The second-order valence-electron chi connectivity index (χ2n) is 16.1. The molecule has 4 heterocycles. The molecule has 0 aliphatic carbocycles. The molecule has 2 aromatic heterocycles. The summed E-state index contributed by atoms with van der Waals surface area (Å²) in [5.74, 6) is -1.78. The quantitative estimate of drug-likeness (QED) is 0.0734. The molecule has 5 aromatic rings. The van der Waals surface area contributed by atoms with E-state index >= 15 is 4.39 Å². The van der Waals surface area contributed by atoms with Gasteiger partial charge in [-0.1, -0.05) is 13.0 Å². The largest absolute Gasteiger partial charge is 0.511 e. The van der Waals surface area contributed by atoms with Gasteiger partial charge >= 0.3 is 28.1 Å². The molecular formula is C43H51F2N9O11S. The number of hydrogen-bond acceptors (Lipinski definition) is 15. The lowest BCUT2D eigenvalue weighted by molar-refractivity contribution is -0.169. The lowest BCUT2D eigenvalue weighted by Crippen LogP contribution is -2.46. The van der Waals surface area contributed by atoms with Crippen LogP contribution < -0.4 is 20.2 Å². The van der Waals surface area contributed by atoms with Gasteiger partial charge in [0.15, 0.2) is 0 Å². The fourth-order valence-corrected chi connectivity index (χ4v) is 8.40. The van der Waals surface area contributed by atoms with Crippen molar-refractivity contribution >= 4 is 33.8 Å².